The maximum atomic E-state index is 12.3. The highest BCUT2D eigenvalue weighted by atomic mass is 16.3. The second-order valence-electron chi connectivity index (χ2n) is 5.71. The molecule has 2 fully saturated rings. The van der Waals surface area contributed by atoms with Crippen LogP contribution in [0, 0.1) is 0 Å². The van der Waals surface area contributed by atoms with E-state index in [4.69, 9.17) is 5.11 Å². The summed E-state index contributed by atoms with van der Waals surface area (Å²) in [6.07, 6.45) is 7.15. The van der Waals surface area contributed by atoms with Crippen molar-refractivity contribution in [2.24, 2.45) is 0 Å². The number of hydrogen-bond donors (Lipinski definition) is 1. The molecule has 1 aliphatic carbocycles. The second kappa shape index (κ2) is 6.53. The molecule has 1 atom stereocenters. The van der Waals surface area contributed by atoms with Gasteiger partial charge < -0.3 is 10.0 Å². The standard InChI is InChI=1S/C14H26N2O2/c1-12-5-2-3-8-16(12)14(18)11-15(9-10-17)13-6-4-7-13/h12-13,17H,2-11H2,1H3. The predicted molar refractivity (Wildman–Crippen MR) is 71.3 cm³/mol. The fourth-order valence-electron chi connectivity index (χ4n) is 3.00. The van der Waals surface area contributed by atoms with Gasteiger partial charge in [0, 0.05) is 25.2 Å². The van der Waals surface area contributed by atoms with Crippen LogP contribution < -0.4 is 0 Å². The summed E-state index contributed by atoms with van der Waals surface area (Å²) in [6, 6.07) is 0.921. The summed E-state index contributed by atoms with van der Waals surface area (Å²) >= 11 is 0. The number of piperidine rings is 1. The quantitative estimate of drug-likeness (QED) is 0.802. The van der Waals surface area contributed by atoms with E-state index in [0.717, 1.165) is 19.4 Å². The minimum atomic E-state index is 0.152. The lowest BCUT2D eigenvalue weighted by Crippen LogP contribution is -2.51. The second-order valence-corrected chi connectivity index (χ2v) is 5.71. The molecule has 1 heterocycles. The summed E-state index contributed by atoms with van der Waals surface area (Å²) in [6.45, 7) is 4.35. The summed E-state index contributed by atoms with van der Waals surface area (Å²) in [4.78, 5) is 16.5. The number of rotatable bonds is 5. The van der Waals surface area contributed by atoms with Crippen molar-refractivity contribution in [3.05, 3.63) is 0 Å². The maximum Gasteiger partial charge on any atom is 0.236 e. The molecule has 0 aromatic rings. The first kappa shape index (κ1) is 13.8. The van der Waals surface area contributed by atoms with Crippen LogP contribution in [0.2, 0.25) is 0 Å². The molecule has 0 bridgehead atoms. The van der Waals surface area contributed by atoms with E-state index in [0.29, 0.717) is 25.2 Å². The third-order valence-corrected chi connectivity index (χ3v) is 4.44. The number of hydrogen-bond acceptors (Lipinski definition) is 3. The van der Waals surface area contributed by atoms with Gasteiger partial charge in [-0.15, -0.1) is 0 Å². The van der Waals surface area contributed by atoms with Crippen molar-refractivity contribution in [1.82, 2.24) is 9.80 Å². The lowest BCUT2D eigenvalue weighted by Gasteiger charge is -2.40. The summed E-state index contributed by atoms with van der Waals surface area (Å²) in [5.41, 5.74) is 0. The predicted octanol–water partition coefficient (Wildman–Crippen LogP) is 1.23. The molecule has 2 aliphatic rings. The van der Waals surface area contributed by atoms with Gasteiger partial charge in [0.05, 0.1) is 13.2 Å². The van der Waals surface area contributed by atoms with Gasteiger partial charge in [-0.3, -0.25) is 9.69 Å². The van der Waals surface area contributed by atoms with E-state index in [-0.39, 0.29) is 12.5 Å². The molecule has 0 radical (unpaired) electrons. The van der Waals surface area contributed by atoms with Crippen molar-refractivity contribution in [1.29, 1.82) is 0 Å². The molecular weight excluding hydrogens is 228 g/mol. The first-order valence-electron chi connectivity index (χ1n) is 7.36. The summed E-state index contributed by atoms with van der Waals surface area (Å²) < 4.78 is 0. The highest BCUT2D eigenvalue weighted by Gasteiger charge is 2.29. The van der Waals surface area contributed by atoms with Crippen molar-refractivity contribution >= 4 is 5.91 Å². The van der Waals surface area contributed by atoms with Crippen molar-refractivity contribution in [2.75, 3.05) is 26.2 Å². The van der Waals surface area contributed by atoms with Gasteiger partial charge in [0.2, 0.25) is 5.91 Å². The molecule has 0 aromatic heterocycles. The molecule has 4 nitrogen and oxygen atoms in total. The Morgan fingerprint density at radius 2 is 2.06 bits per heavy atom. The smallest absolute Gasteiger partial charge is 0.236 e. The van der Waals surface area contributed by atoms with Crippen LogP contribution in [-0.4, -0.2) is 59.1 Å². The van der Waals surface area contributed by atoms with Gasteiger partial charge in [0.1, 0.15) is 0 Å². The maximum absolute atomic E-state index is 12.3. The summed E-state index contributed by atoms with van der Waals surface area (Å²) in [5, 5.41) is 9.11. The van der Waals surface area contributed by atoms with Gasteiger partial charge >= 0.3 is 0 Å². The van der Waals surface area contributed by atoms with Crippen LogP contribution in [0.3, 0.4) is 0 Å². The molecule has 1 N–H and O–H groups in total. The molecular formula is C14H26N2O2. The Morgan fingerprint density at radius 3 is 2.61 bits per heavy atom. The average molecular weight is 254 g/mol. The van der Waals surface area contributed by atoms with Gasteiger partial charge in [-0.05, 0) is 39.0 Å². The molecule has 4 heteroatoms. The number of nitrogens with zero attached hydrogens (tertiary/aromatic N) is 2. The van der Waals surface area contributed by atoms with E-state index in [2.05, 4.69) is 11.8 Å². The van der Waals surface area contributed by atoms with Crippen LogP contribution in [0.15, 0.2) is 0 Å². The fraction of sp³-hybridized carbons (Fsp3) is 0.929. The minimum absolute atomic E-state index is 0.152. The van der Waals surface area contributed by atoms with Gasteiger partial charge in [0.15, 0.2) is 0 Å². The zero-order valence-electron chi connectivity index (χ0n) is 11.5. The van der Waals surface area contributed by atoms with Crippen LogP contribution in [0.25, 0.3) is 0 Å². The van der Waals surface area contributed by atoms with Gasteiger partial charge in [-0.1, -0.05) is 6.42 Å². The van der Waals surface area contributed by atoms with Crippen molar-refractivity contribution in [2.45, 2.75) is 57.5 Å². The zero-order valence-corrected chi connectivity index (χ0v) is 11.5. The van der Waals surface area contributed by atoms with Crippen LogP contribution in [0.5, 0.6) is 0 Å². The number of aliphatic hydroxyl groups is 1. The summed E-state index contributed by atoms with van der Waals surface area (Å²) in [5.74, 6) is 0.252. The first-order chi connectivity index (χ1) is 8.72. The highest BCUT2D eigenvalue weighted by molar-refractivity contribution is 5.78. The van der Waals surface area contributed by atoms with E-state index >= 15 is 0 Å². The Hall–Kier alpha value is -0.610. The van der Waals surface area contributed by atoms with Crippen molar-refractivity contribution in [3.63, 3.8) is 0 Å². The van der Waals surface area contributed by atoms with Crippen LogP contribution in [0.4, 0.5) is 0 Å². The van der Waals surface area contributed by atoms with Crippen LogP contribution in [0.1, 0.15) is 45.4 Å². The lowest BCUT2D eigenvalue weighted by atomic mass is 9.91. The lowest BCUT2D eigenvalue weighted by molar-refractivity contribution is -0.136. The number of carbonyl (C=O) groups is 1. The number of aliphatic hydroxyl groups excluding tert-OH is 1. The van der Waals surface area contributed by atoms with E-state index in [9.17, 15) is 4.79 Å². The topological polar surface area (TPSA) is 43.8 Å². The Labute approximate surface area is 110 Å². The summed E-state index contributed by atoms with van der Waals surface area (Å²) in [7, 11) is 0. The number of likely N-dealkylation sites (tertiary alicyclic amines) is 1. The van der Waals surface area contributed by atoms with Crippen molar-refractivity contribution < 1.29 is 9.90 Å². The highest BCUT2D eigenvalue weighted by Crippen LogP contribution is 2.25. The number of carbonyl (C=O) groups excluding carboxylic acids is 1. The van der Waals surface area contributed by atoms with E-state index in [1.165, 1.54) is 25.7 Å². The Kier molecular flexibility index (Phi) is 5.01. The molecule has 1 amide bonds. The monoisotopic (exact) mass is 254 g/mol. The van der Waals surface area contributed by atoms with E-state index in [1.807, 2.05) is 4.90 Å². The third-order valence-electron chi connectivity index (χ3n) is 4.44. The molecule has 2 rings (SSSR count). The molecule has 104 valence electrons. The zero-order chi connectivity index (χ0) is 13.0. The molecule has 0 aromatic carbocycles. The van der Waals surface area contributed by atoms with E-state index in [1.54, 1.807) is 0 Å². The molecule has 18 heavy (non-hydrogen) atoms. The Bertz CT molecular complexity index is 279. The van der Waals surface area contributed by atoms with Gasteiger partial charge in [-0.25, -0.2) is 0 Å². The molecule has 1 aliphatic heterocycles. The largest absolute Gasteiger partial charge is 0.395 e. The van der Waals surface area contributed by atoms with Gasteiger partial charge in [0.25, 0.3) is 0 Å². The fourth-order valence-corrected chi connectivity index (χ4v) is 3.00. The molecule has 1 saturated heterocycles. The SMILES string of the molecule is CC1CCCCN1C(=O)CN(CCO)C1CCC1. The van der Waals surface area contributed by atoms with Crippen LogP contribution in [-0.2, 0) is 4.79 Å². The Morgan fingerprint density at radius 1 is 1.28 bits per heavy atom. The normalized spacial score (nSPS) is 25.3. The molecule has 1 unspecified atom stereocenters. The minimum Gasteiger partial charge on any atom is -0.395 e. The third kappa shape index (κ3) is 3.23. The number of amides is 1. The molecule has 0 spiro atoms. The molecule has 1 saturated carbocycles. The van der Waals surface area contributed by atoms with Gasteiger partial charge in [-0.2, -0.15) is 0 Å². The van der Waals surface area contributed by atoms with E-state index < -0.39 is 0 Å². The average Bonchev–Trinajstić information content (AvgIpc) is 2.27. The van der Waals surface area contributed by atoms with Crippen LogP contribution >= 0.6 is 0 Å². The Balaban J connectivity index is 1.86. The van der Waals surface area contributed by atoms with Crippen molar-refractivity contribution in [3.8, 4) is 0 Å². The first-order valence-corrected chi connectivity index (χ1v) is 7.36.